The van der Waals surface area contributed by atoms with Crippen molar-refractivity contribution >= 4 is 17.1 Å². The van der Waals surface area contributed by atoms with Crippen LogP contribution in [0.25, 0.3) is 0 Å². The molecule has 0 saturated heterocycles. The van der Waals surface area contributed by atoms with Gasteiger partial charge in [-0.15, -0.1) is 0 Å². The van der Waals surface area contributed by atoms with Crippen molar-refractivity contribution in [2.75, 3.05) is 24.2 Å². The number of anilines is 2. The van der Waals surface area contributed by atoms with Crippen molar-refractivity contribution < 1.29 is 14.1 Å². The molecule has 2 rings (SSSR count). The summed E-state index contributed by atoms with van der Waals surface area (Å²) in [6.07, 6.45) is 0. The van der Waals surface area contributed by atoms with Crippen LogP contribution >= 0.6 is 0 Å². The average Bonchev–Trinajstić information content (AvgIpc) is 2.45. The van der Waals surface area contributed by atoms with Crippen molar-refractivity contribution in [3.63, 3.8) is 0 Å². The normalized spacial score (nSPS) is 10.1. The van der Waals surface area contributed by atoms with Gasteiger partial charge < -0.3 is 15.8 Å². The Morgan fingerprint density at radius 1 is 1.24 bits per heavy atom. The maximum absolute atomic E-state index is 13.2. The molecule has 3 N–H and O–H groups in total. The van der Waals surface area contributed by atoms with Gasteiger partial charge in [-0.1, -0.05) is 0 Å². The van der Waals surface area contributed by atoms with Crippen LogP contribution in [0.1, 0.15) is 0 Å². The Labute approximate surface area is 120 Å². The van der Waals surface area contributed by atoms with Crippen molar-refractivity contribution in [2.24, 2.45) is 0 Å². The van der Waals surface area contributed by atoms with E-state index >= 15 is 0 Å². The fraction of sp³-hybridized carbons (Fsp3) is 0.143. The molecular formula is C14H14FN3O3. The second-order valence-corrected chi connectivity index (χ2v) is 4.30. The lowest BCUT2D eigenvalue weighted by Gasteiger charge is -2.09. The third-order valence-corrected chi connectivity index (χ3v) is 2.67. The topological polar surface area (TPSA) is 90.4 Å². The Morgan fingerprint density at radius 3 is 2.62 bits per heavy atom. The maximum Gasteiger partial charge on any atom is 0.274 e. The van der Waals surface area contributed by atoms with Gasteiger partial charge in [-0.3, -0.25) is 10.1 Å². The Hall–Kier alpha value is -2.83. The minimum atomic E-state index is -0.661. The van der Waals surface area contributed by atoms with Crippen molar-refractivity contribution in [3.05, 3.63) is 58.4 Å². The van der Waals surface area contributed by atoms with E-state index in [-0.39, 0.29) is 5.69 Å². The van der Waals surface area contributed by atoms with Gasteiger partial charge in [-0.2, -0.15) is 0 Å². The molecule has 0 aliphatic carbocycles. The number of ether oxygens (including phenoxy) is 1. The van der Waals surface area contributed by atoms with Crippen molar-refractivity contribution in [1.82, 2.24) is 0 Å². The summed E-state index contributed by atoms with van der Waals surface area (Å²) in [6.45, 7) is 0.708. The highest BCUT2D eigenvalue weighted by Gasteiger charge is 2.09. The first-order chi connectivity index (χ1) is 10.0. The van der Waals surface area contributed by atoms with Crippen LogP contribution in [0.2, 0.25) is 0 Å². The van der Waals surface area contributed by atoms with E-state index in [4.69, 9.17) is 10.5 Å². The number of benzene rings is 2. The van der Waals surface area contributed by atoms with Gasteiger partial charge in [0.15, 0.2) is 0 Å². The van der Waals surface area contributed by atoms with E-state index in [0.29, 0.717) is 30.3 Å². The minimum Gasteiger partial charge on any atom is -0.492 e. The molecule has 2 aromatic rings. The molecule has 0 amide bonds. The molecule has 110 valence electrons. The molecule has 2 aromatic carbocycles. The summed E-state index contributed by atoms with van der Waals surface area (Å²) in [6, 6.07) is 10.3. The monoisotopic (exact) mass is 291 g/mol. The summed E-state index contributed by atoms with van der Waals surface area (Å²) in [7, 11) is 0. The van der Waals surface area contributed by atoms with Gasteiger partial charge in [0.2, 0.25) is 0 Å². The van der Waals surface area contributed by atoms with Crippen LogP contribution < -0.4 is 15.8 Å². The van der Waals surface area contributed by atoms with Crippen molar-refractivity contribution in [1.29, 1.82) is 0 Å². The summed E-state index contributed by atoms with van der Waals surface area (Å²) in [5.41, 5.74) is 6.24. The van der Waals surface area contributed by atoms with E-state index in [1.54, 1.807) is 24.3 Å². The Morgan fingerprint density at radius 2 is 1.95 bits per heavy atom. The highest BCUT2D eigenvalue weighted by molar-refractivity contribution is 5.51. The van der Waals surface area contributed by atoms with Crippen LogP contribution in [0.4, 0.5) is 21.5 Å². The maximum atomic E-state index is 13.2. The number of nitrogens with one attached hydrogen (secondary N) is 1. The van der Waals surface area contributed by atoms with Crippen molar-refractivity contribution in [2.45, 2.75) is 0 Å². The van der Waals surface area contributed by atoms with Crippen LogP contribution in [-0.2, 0) is 0 Å². The molecule has 0 radical (unpaired) electrons. The first kappa shape index (κ1) is 14.6. The Balaban J connectivity index is 1.86. The molecule has 0 fully saturated rings. The number of nitrogens with zero attached hydrogens (tertiary/aromatic N) is 1. The summed E-state index contributed by atoms with van der Waals surface area (Å²) in [5, 5.41) is 13.5. The lowest BCUT2D eigenvalue weighted by molar-refractivity contribution is -0.385. The van der Waals surface area contributed by atoms with Crippen LogP contribution in [-0.4, -0.2) is 18.1 Å². The molecule has 0 aliphatic rings. The van der Waals surface area contributed by atoms with Gasteiger partial charge in [0.05, 0.1) is 11.0 Å². The molecule has 7 heteroatoms. The van der Waals surface area contributed by atoms with E-state index in [9.17, 15) is 14.5 Å². The van der Waals surface area contributed by atoms with Crippen LogP contribution in [0.15, 0.2) is 42.5 Å². The summed E-state index contributed by atoms with van der Waals surface area (Å²) >= 11 is 0. The average molecular weight is 291 g/mol. The molecule has 6 nitrogen and oxygen atoms in total. The quantitative estimate of drug-likeness (QED) is 0.369. The third kappa shape index (κ3) is 4.34. The van der Waals surface area contributed by atoms with E-state index in [2.05, 4.69) is 5.32 Å². The lowest BCUT2D eigenvalue weighted by Crippen LogP contribution is -2.11. The largest absolute Gasteiger partial charge is 0.492 e. The number of halogens is 1. The third-order valence-electron chi connectivity index (χ3n) is 2.67. The number of rotatable bonds is 6. The zero-order chi connectivity index (χ0) is 15.2. The standard InChI is InChI=1S/C14H14FN3O3/c15-10-7-12(9-13(8-10)18(19)20)17-5-6-21-14-3-1-11(16)2-4-14/h1-4,7-9,17H,5-6,16H2. The van der Waals surface area contributed by atoms with Gasteiger partial charge in [0, 0.05) is 24.0 Å². The number of nitrogens with two attached hydrogens (primary N) is 1. The molecule has 0 aromatic heterocycles. The second-order valence-electron chi connectivity index (χ2n) is 4.30. The van der Waals surface area contributed by atoms with Crippen LogP contribution in [0.5, 0.6) is 5.75 Å². The van der Waals surface area contributed by atoms with Gasteiger partial charge in [0.25, 0.3) is 5.69 Å². The fourth-order valence-corrected chi connectivity index (χ4v) is 1.71. The summed E-state index contributed by atoms with van der Waals surface area (Å²) in [4.78, 5) is 9.98. The zero-order valence-corrected chi connectivity index (χ0v) is 11.1. The molecule has 0 unspecified atom stereocenters. The molecular weight excluding hydrogens is 277 g/mol. The number of nitrogen functional groups attached to an aromatic ring is 1. The van der Waals surface area contributed by atoms with Gasteiger partial charge in [-0.05, 0) is 30.3 Å². The number of hydrogen-bond acceptors (Lipinski definition) is 5. The van der Waals surface area contributed by atoms with Gasteiger partial charge in [-0.25, -0.2) is 4.39 Å². The predicted octanol–water partition coefficient (Wildman–Crippen LogP) is 2.81. The first-order valence-electron chi connectivity index (χ1n) is 6.22. The van der Waals surface area contributed by atoms with E-state index in [1.807, 2.05) is 0 Å². The van der Waals surface area contributed by atoms with Crippen LogP contribution in [0, 0.1) is 15.9 Å². The number of hydrogen-bond donors (Lipinski definition) is 2. The lowest BCUT2D eigenvalue weighted by atomic mass is 10.2. The Bertz CT molecular complexity index is 632. The number of nitro benzene ring substituents is 1. The highest BCUT2D eigenvalue weighted by Crippen LogP contribution is 2.20. The molecule has 0 aliphatic heterocycles. The number of nitro groups is 1. The highest BCUT2D eigenvalue weighted by atomic mass is 19.1. The molecule has 0 atom stereocenters. The first-order valence-corrected chi connectivity index (χ1v) is 6.22. The molecule has 21 heavy (non-hydrogen) atoms. The molecule has 0 heterocycles. The van der Waals surface area contributed by atoms with Gasteiger partial charge in [0.1, 0.15) is 18.2 Å². The molecule has 0 saturated carbocycles. The SMILES string of the molecule is Nc1ccc(OCCNc2cc(F)cc([N+](=O)[O-])c2)cc1. The minimum absolute atomic E-state index is 0.294. The smallest absolute Gasteiger partial charge is 0.274 e. The second kappa shape index (κ2) is 6.56. The Kier molecular flexibility index (Phi) is 4.55. The predicted molar refractivity (Wildman–Crippen MR) is 77.9 cm³/mol. The van der Waals surface area contributed by atoms with E-state index in [0.717, 1.165) is 6.07 Å². The summed E-state index contributed by atoms with van der Waals surface area (Å²) < 4.78 is 18.7. The van der Waals surface area contributed by atoms with E-state index < -0.39 is 10.7 Å². The van der Waals surface area contributed by atoms with E-state index in [1.165, 1.54) is 12.1 Å². The number of non-ortho nitro benzene ring substituents is 1. The summed E-state index contributed by atoms with van der Waals surface area (Å²) in [5.74, 6) is 0.00220. The molecule has 0 spiro atoms. The fourth-order valence-electron chi connectivity index (χ4n) is 1.71. The van der Waals surface area contributed by atoms with Crippen molar-refractivity contribution in [3.8, 4) is 5.75 Å². The zero-order valence-electron chi connectivity index (χ0n) is 11.1. The van der Waals surface area contributed by atoms with Gasteiger partial charge >= 0.3 is 0 Å². The molecule has 0 bridgehead atoms. The van der Waals surface area contributed by atoms with Crippen LogP contribution in [0.3, 0.4) is 0 Å².